The Morgan fingerprint density at radius 3 is 2.70 bits per heavy atom. The molecule has 1 aromatic rings. The monoisotopic (exact) mass is 342 g/mol. The molecule has 0 saturated heterocycles. The lowest BCUT2D eigenvalue weighted by Gasteiger charge is -2.17. The molecule has 1 aromatic carbocycles. The number of hydrogen-bond donors (Lipinski definition) is 3. The first kappa shape index (κ1) is 16.9. The van der Waals surface area contributed by atoms with Crippen LogP contribution in [0.15, 0.2) is 33.7 Å². The van der Waals surface area contributed by atoms with E-state index in [2.05, 4.69) is 50.7 Å². The van der Waals surface area contributed by atoms with Gasteiger partial charge in [-0.25, -0.2) is 5.84 Å². The van der Waals surface area contributed by atoms with Gasteiger partial charge in [-0.1, -0.05) is 28.1 Å². The standard InChI is InChI=1S/C14H23BrN4O/c1-3-20-10-4-9-17-14(19-16)18-11(2)12-5-7-13(15)8-6-12/h5-8,11H,3-4,9-10,16H2,1-2H3,(H2,17,18,19). The molecule has 0 heterocycles. The highest BCUT2D eigenvalue weighted by Gasteiger charge is 2.06. The quantitative estimate of drug-likeness (QED) is 0.234. The van der Waals surface area contributed by atoms with Gasteiger partial charge in [0, 0.05) is 24.2 Å². The van der Waals surface area contributed by atoms with E-state index in [1.807, 2.05) is 19.1 Å². The number of halogens is 1. The lowest BCUT2D eigenvalue weighted by Crippen LogP contribution is -2.42. The van der Waals surface area contributed by atoms with E-state index in [0.717, 1.165) is 24.1 Å². The van der Waals surface area contributed by atoms with Crippen LogP contribution < -0.4 is 16.6 Å². The van der Waals surface area contributed by atoms with Gasteiger partial charge in [-0.05, 0) is 38.0 Å². The topological polar surface area (TPSA) is 71.7 Å². The third-order valence-corrected chi connectivity index (χ3v) is 3.31. The molecular formula is C14H23BrN4O. The van der Waals surface area contributed by atoms with E-state index in [1.54, 1.807) is 0 Å². The second-order valence-electron chi connectivity index (χ2n) is 4.34. The van der Waals surface area contributed by atoms with Crippen LogP contribution in [0.2, 0.25) is 0 Å². The molecule has 1 unspecified atom stereocenters. The fourth-order valence-corrected chi connectivity index (χ4v) is 1.94. The molecule has 0 aliphatic carbocycles. The van der Waals surface area contributed by atoms with Crippen molar-refractivity contribution in [2.75, 3.05) is 19.8 Å². The molecule has 0 saturated carbocycles. The van der Waals surface area contributed by atoms with Crippen molar-refractivity contribution in [1.82, 2.24) is 10.7 Å². The van der Waals surface area contributed by atoms with E-state index < -0.39 is 0 Å². The van der Waals surface area contributed by atoms with Gasteiger partial charge in [-0.15, -0.1) is 0 Å². The molecule has 1 atom stereocenters. The number of aliphatic imine (C=N–C) groups is 1. The zero-order valence-corrected chi connectivity index (χ0v) is 13.6. The van der Waals surface area contributed by atoms with Crippen LogP contribution in [0.1, 0.15) is 31.9 Å². The molecule has 0 spiro atoms. The van der Waals surface area contributed by atoms with Gasteiger partial charge in [0.2, 0.25) is 5.96 Å². The third-order valence-electron chi connectivity index (χ3n) is 2.78. The van der Waals surface area contributed by atoms with Crippen molar-refractivity contribution in [3.05, 3.63) is 34.3 Å². The SMILES string of the molecule is CCOCCCN=C(NN)NC(C)c1ccc(Br)cc1. The van der Waals surface area contributed by atoms with E-state index in [1.165, 1.54) is 5.56 Å². The Kier molecular flexibility index (Phi) is 8.25. The van der Waals surface area contributed by atoms with Gasteiger partial charge >= 0.3 is 0 Å². The average molecular weight is 343 g/mol. The molecule has 0 aliphatic heterocycles. The highest BCUT2D eigenvalue weighted by Crippen LogP contribution is 2.16. The molecule has 0 aromatic heterocycles. The zero-order chi connectivity index (χ0) is 14.8. The van der Waals surface area contributed by atoms with Crippen LogP contribution in [-0.4, -0.2) is 25.7 Å². The molecule has 112 valence electrons. The maximum absolute atomic E-state index is 5.48. The fraction of sp³-hybridized carbons (Fsp3) is 0.500. The van der Waals surface area contributed by atoms with Crippen molar-refractivity contribution in [3.63, 3.8) is 0 Å². The minimum atomic E-state index is 0.129. The molecule has 0 fully saturated rings. The molecular weight excluding hydrogens is 320 g/mol. The van der Waals surface area contributed by atoms with Gasteiger partial charge in [-0.3, -0.25) is 10.4 Å². The average Bonchev–Trinajstić information content (AvgIpc) is 2.46. The number of benzene rings is 1. The highest BCUT2D eigenvalue weighted by atomic mass is 79.9. The minimum Gasteiger partial charge on any atom is -0.382 e. The molecule has 0 radical (unpaired) electrons. The van der Waals surface area contributed by atoms with E-state index >= 15 is 0 Å². The first-order valence-electron chi connectivity index (χ1n) is 6.78. The van der Waals surface area contributed by atoms with Crippen LogP contribution >= 0.6 is 15.9 Å². The van der Waals surface area contributed by atoms with Crippen LogP contribution in [0.4, 0.5) is 0 Å². The van der Waals surface area contributed by atoms with Gasteiger partial charge in [-0.2, -0.15) is 0 Å². The predicted octanol–water partition coefficient (Wildman–Crippen LogP) is 2.35. The van der Waals surface area contributed by atoms with Crippen LogP contribution in [-0.2, 0) is 4.74 Å². The van der Waals surface area contributed by atoms with E-state index in [0.29, 0.717) is 12.5 Å². The van der Waals surface area contributed by atoms with Crippen LogP contribution in [0, 0.1) is 0 Å². The first-order valence-corrected chi connectivity index (χ1v) is 7.57. The number of nitrogens with one attached hydrogen (secondary N) is 2. The number of guanidine groups is 1. The number of rotatable bonds is 7. The summed E-state index contributed by atoms with van der Waals surface area (Å²) >= 11 is 3.43. The molecule has 6 heteroatoms. The maximum Gasteiger partial charge on any atom is 0.206 e. The second-order valence-corrected chi connectivity index (χ2v) is 5.26. The van der Waals surface area contributed by atoms with Gasteiger partial charge < -0.3 is 10.1 Å². The molecule has 0 aliphatic rings. The van der Waals surface area contributed by atoms with E-state index in [4.69, 9.17) is 10.6 Å². The fourth-order valence-electron chi connectivity index (χ4n) is 1.67. The first-order chi connectivity index (χ1) is 9.67. The predicted molar refractivity (Wildman–Crippen MR) is 86.4 cm³/mol. The summed E-state index contributed by atoms with van der Waals surface area (Å²) in [4.78, 5) is 4.38. The number of ether oxygens (including phenoxy) is 1. The van der Waals surface area contributed by atoms with Gasteiger partial charge in [0.15, 0.2) is 0 Å². The van der Waals surface area contributed by atoms with E-state index in [-0.39, 0.29) is 6.04 Å². The smallest absolute Gasteiger partial charge is 0.206 e. The van der Waals surface area contributed by atoms with Crippen molar-refractivity contribution in [1.29, 1.82) is 0 Å². The Bertz CT molecular complexity index is 408. The summed E-state index contributed by atoms with van der Waals surface area (Å²) in [6, 6.07) is 8.28. The van der Waals surface area contributed by atoms with E-state index in [9.17, 15) is 0 Å². The number of hydrogen-bond acceptors (Lipinski definition) is 3. The number of nitrogens with zero attached hydrogens (tertiary/aromatic N) is 1. The molecule has 4 N–H and O–H groups in total. The summed E-state index contributed by atoms with van der Waals surface area (Å²) in [6.45, 7) is 6.19. The molecule has 1 rings (SSSR count). The van der Waals surface area contributed by atoms with Crippen LogP contribution in [0.25, 0.3) is 0 Å². The number of nitrogens with two attached hydrogens (primary N) is 1. The lowest BCUT2D eigenvalue weighted by molar-refractivity contribution is 0.146. The summed E-state index contributed by atoms with van der Waals surface area (Å²) in [5.74, 6) is 6.08. The summed E-state index contributed by atoms with van der Waals surface area (Å²) in [6.07, 6.45) is 0.882. The summed E-state index contributed by atoms with van der Waals surface area (Å²) in [5, 5.41) is 3.25. The minimum absolute atomic E-state index is 0.129. The van der Waals surface area contributed by atoms with Crippen molar-refractivity contribution in [2.45, 2.75) is 26.3 Å². The Labute approximate surface area is 129 Å². The van der Waals surface area contributed by atoms with Crippen molar-refractivity contribution >= 4 is 21.9 Å². The summed E-state index contributed by atoms with van der Waals surface area (Å²) < 4.78 is 6.33. The normalized spacial score (nSPS) is 13.1. The van der Waals surface area contributed by atoms with Crippen molar-refractivity contribution in [2.24, 2.45) is 10.8 Å². The molecule has 5 nitrogen and oxygen atoms in total. The Morgan fingerprint density at radius 2 is 2.10 bits per heavy atom. The molecule has 0 bridgehead atoms. The lowest BCUT2D eigenvalue weighted by atomic mass is 10.1. The van der Waals surface area contributed by atoms with Gasteiger partial charge in [0.1, 0.15) is 0 Å². The Morgan fingerprint density at radius 1 is 1.40 bits per heavy atom. The summed E-state index contributed by atoms with van der Waals surface area (Å²) in [7, 11) is 0. The zero-order valence-electron chi connectivity index (χ0n) is 12.0. The van der Waals surface area contributed by atoms with Crippen LogP contribution in [0.5, 0.6) is 0 Å². The van der Waals surface area contributed by atoms with Crippen LogP contribution in [0.3, 0.4) is 0 Å². The summed E-state index contributed by atoms with van der Waals surface area (Å²) in [5.41, 5.74) is 3.77. The Balaban J connectivity index is 2.46. The largest absolute Gasteiger partial charge is 0.382 e. The maximum atomic E-state index is 5.48. The second kappa shape index (κ2) is 9.74. The highest BCUT2D eigenvalue weighted by molar-refractivity contribution is 9.10. The third kappa shape index (κ3) is 6.36. The molecule has 0 amide bonds. The van der Waals surface area contributed by atoms with Crippen molar-refractivity contribution in [3.8, 4) is 0 Å². The Hall–Kier alpha value is -1.11. The van der Waals surface area contributed by atoms with Crippen molar-refractivity contribution < 1.29 is 4.74 Å². The molecule has 20 heavy (non-hydrogen) atoms. The number of hydrazine groups is 1. The van der Waals surface area contributed by atoms with Gasteiger partial charge in [0.25, 0.3) is 0 Å². The van der Waals surface area contributed by atoms with Gasteiger partial charge in [0.05, 0.1) is 6.04 Å².